The third kappa shape index (κ3) is 4.24. The van der Waals surface area contributed by atoms with Crippen molar-refractivity contribution < 1.29 is 4.74 Å². The molecule has 0 aliphatic rings. The summed E-state index contributed by atoms with van der Waals surface area (Å²) in [6.07, 6.45) is 1.76. The lowest BCUT2D eigenvalue weighted by molar-refractivity contribution is 0.290. The summed E-state index contributed by atoms with van der Waals surface area (Å²) in [5.41, 5.74) is 3.32. The lowest BCUT2D eigenvalue weighted by Gasteiger charge is -2.05. The van der Waals surface area contributed by atoms with Crippen LogP contribution in [0.4, 0.5) is 0 Å². The Hall–Kier alpha value is -3.51. The molecule has 0 unspecified atom stereocenters. The van der Waals surface area contributed by atoms with E-state index in [4.69, 9.17) is 17.0 Å². The van der Waals surface area contributed by atoms with Gasteiger partial charge in [0.05, 0.1) is 6.21 Å². The number of rotatable bonds is 6. The Morgan fingerprint density at radius 3 is 2.25 bits per heavy atom. The van der Waals surface area contributed by atoms with Crippen molar-refractivity contribution in [3.63, 3.8) is 0 Å². The van der Waals surface area contributed by atoms with Gasteiger partial charge >= 0.3 is 0 Å². The number of H-pyrrole nitrogens is 1. The van der Waals surface area contributed by atoms with E-state index >= 15 is 0 Å². The maximum Gasteiger partial charge on any atom is 0.216 e. The van der Waals surface area contributed by atoms with Crippen molar-refractivity contribution in [3.05, 3.63) is 101 Å². The second kappa shape index (κ2) is 8.45. The van der Waals surface area contributed by atoms with Crippen LogP contribution in [0.1, 0.15) is 11.4 Å². The molecule has 4 aromatic rings. The number of benzene rings is 3. The van der Waals surface area contributed by atoms with Gasteiger partial charge in [-0.2, -0.15) is 14.9 Å². The zero-order valence-electron chi connectivity index (χ0n) is 15.0. The van der Waals surface area contributed by atoms with E-state index in [0.717, 1.165) is 16.9 Å². The van der Waals surface area contributed by atoms with Crippen LogP contribution in [-0.4, -0.2) is 21.1 Å². The summed E-state index contributed by atoms with van der Waals surface area (Å²) in [7, 11) is 0. The van der Waals surface area contributed by atoms with Crippen LogP contribution < -0.4 is 4.74 Å². The number of nitrogens with zero attached hydrogens (tertiary/aromatic N) is 3. The smallest absolute Gasteiger partial charge is 0.216 e. The van der Waals surface area contributed by atoms with Gasteiger partial charge in [0.15, 0.2) is 5.82 Å². The fourth-order valence-electron chi connectivity index (χ4n) is 2.72. The average molecular weight is 386 g/mol. The van der Waals surface area contributed by atoms with Gasteiger partial charge in [0.2, 0.25) is 4.77 Å². The first-order valence-corrected chi connectivity index (χ1v) is 9.24. The normalized spacial score (nSPS) is 11.0. The molecule has 28 heavy (non-hydrogen) atoms. The van der Waals surface area contributed by atoms with Crippen LogP contribution in [0.25, 0.3) is 11.1 Å². The van der Waals surface area contributed by atoms with E-state index in [1.807, 2.05) is 60.7 Å². The molecule has 1 aromatic heterocycles. The number of nitrogens with one attached hydrogen (secondary N) is 1. The van der Waals surface area contributed by atoms with Gasteiger partial charge in [-0.1, -0.05) is 72.8 Å². The highest BCUT2D eigenvalue weighted by Crippen LogP contribution is 2.18. The standard InChI is InChI=1S/C22H18N4OS/c28-22-25-24-21(16-27-20-9-5-2-6-10-20)26(22)23-15-17-11-13-19(14-12-17)18-7-3-1-4-8-18/h1-15H,16H2,(H,25,28)/b23-15-. The average Bonchev–Trinajstić information content (AvgIpc) is 3.12. The molecule has 4 rings (SSSR count). The summed E-state index contributed by atoms with van der Waals surface area (Å²) >= 11 is 5.28. The molecule has 0 amide bonds. The maximum absolute atomic E-state index is 5.74. The second-order valence-electron chi connectivity index (χ2n) is 6.09. The first-order valence-electron chi connectivity index (χ1n) is 8.83. The largest absolute Gasteiger partial charge is 0.486 e. The van der Waals surface area contributed by atoms with Crippen molar-refractivity contribution >= 4 is 18.4 Å². The molecule has 1 N–H and O–H groups in total. The van der Waals surface area contributed by atoms with E-state index in [2.05, 4.69) is 39.6 Å². The molecule has 0 atom stereocenters. The topological polar surface area (TPSA) is 55.2 Å². The Morgan fingerprint density at radius 2 is 1.54 bits per heavy atom. The zero-order chi connectivity index (χ0) is 19.2. The quantitative estimate of drug-likeness (QED) is 0.372. The summed E-state index contributed by atoms with van der Waals surface area (Å²) < 4.78 is 7.73. The number of aromatic amines is 1. The monoisotopic (exact) mass is 386 g/mol. The highest BCUT2D eigenvalue weighted by atomic mass is 32.1. The van der Waals surface area contributed by atoms with Gasteiger partial charge in [0, 0.05) is 0 Å². The molecule has 0 spiro atoms. The minimum absolute atomic E-state index is 0.265. The first-order chi connectivity index (χ1) is 13.8. The molecular formula is C22H18N4OS. The molecule has 5 nitrogen and oxygen atoms in total. The van der Waals surface area contributed by atoms with Gasteiger partial charge in [-0.3, -0.25) is 0 Å². The van der Waals surface area contributed by atoms with E-state index in [1.54, 1.807) is 10.9 Å². The summed E-state index contributed by atoms with van der Waals surface area (Å²) in [5, 5.41) is 11.4. The molecule has 0 radical (unpaired) electrons. The number of aromatic nitrogens is 3. The molecule has 0 aliphatic carbocycles. The minimum Gasteiger partial charge on any atom is -0.486 e. The molecule has 6 heteroatoms. The van der Waals surface area contributed by atoms with Crippen LogP contribution in [0.5, 0.6) is 5.75 Å². The van der Waals surface area contributed by atoms with Crippen LogP contribution in [0, 0.1) is 4.77 Å². The second-order valence-corrected chi connectivity index (χ2v) is 6.48. The van der Waals surface area contributed by atoms with Crippen LogP contribution in [-0.2, 0) is 6.61 Å². The van der Waals surface area contributed by atoms with Crippen molar-refractivity contribution in [2.24, 2.45) is 5.10 Å². The third-order valence-corrected chi connectivity index (χ3v) is 4.43. The van der Waals surface area contributed by atoms with Crippen molar-refractivity contribution in [1.29, 1.82) is 0 Å². The van der Waals surface area contributed by atoms with Gasteiger partial charge in [0.25, 0.3) is 0 Å². The summed E-state index contributed by atoms with van der Waals surface area (Å²) in [6, 6.07) is 28.0. The van der Waals surface area contributed by atoms with Gasteiger partial charge in [-0.15, -0.1) is 0 Å². The van der Waals surface area contributed by atoms with Gasteiger partial charge in [-0.05, 0) is 41.0 Å². The van der Waals surface area contributed by atoms with Crippen molar-refractivity contribution in [1.82, 2.24) is 14.9 Å². The molecule has 138 valence electrons. The predicted octanol–water partition coefficient (Wildman–Crippen LogP) is 5.07. The van der Waals surface area contributed by atoms with E-state index in [-0.39, 0.29) is 6.61 Å². The molecule has 0 saturated carbocycles. The number of hydrogen-bond donors (Lipinski definition) is 1. The summed E-state index contributed by atoms with van der Waals surface area (Å²) in [4.78, 5) is 0. The fourth-order valence-corrected chi connectivity index (χ4v) is 2.92. The van der Waals surface area contributed by atoms with E-state index in [1.165, 1.54) is 5.56 Å². The molecule has 0 saturated heterocycles. The lowest BCUT2D eigenvalue weighted by atomic mass is 10.0. The van der Waals surface area contributed by atoms with Gasteiger partial charge < -0.3 is 4.74 Å². The Labute approximate surface area is 167 Å². The minimum atomic E-state index is 0.265. The van der Waals surface area contributed by atoms with E-state index < -0.39 is 0 Å². The molecule has 1 heterocycles. The predicted molar refractivity (Wildman–Crippen MR) is 113 cm³/mol. The fraction of sp³-hybridized carbons (Fsp3) is 0.0455. The first kappa shape index (κ1) is 17.9. The Bertz CT molecular complexity index is 1120. The van der Waals surface area contributed by atoms with Crippen molar-refractivity contribution in [3.8, 4) is 16.9 Å². The molecule has 3 aromatic carbocycles. The SMILES string of the molecule is S=c1[nH]nc(COc2ccccc2)n1/N=C\c1ccc(-c2ccccc2)cc1. The van der Waals surface area contributed by atoms with Crippen LogP contribution in [0.2, 0.25) is 0 Å². The lowest BCUT2D eigenvalue weighted by Crippen LogP contribution is -2.04. The maximum atomic E-state index is 5.74. The molecular weight excluding hydrogens is 368 g/mol. The van der Waals surface area contributed by atoms with Crippen LogP contribution >= 0.6 is 12.2 Å². The van der Waals surface area contributed by atoms with E-state index in [9.17, 15) is 0 Å². The highest BCUT2D eigenvalue weighted by Gasteiger charge is 2.06. The Kier molecular flexibility index (Phi) is 5.40. The highest BCUT2D eigenvalue weighted by molar-refractivity contribution is 7.71. The molecule has 0 aliphatic heterocycles. The van der Waals surface area contributed by atoms with Crippen LogP contribution in [0.3, 0.4) is 0 Å². The van der Waals surface area contributed by atoms with Gasteiger partial charge in [0.1, 0.15) is 12.4 Å². The Balaban J connectivity index is 1.49. The van der Waals surface area contributed by atoms with Crippen LogP contribution in [0.15, 0.2) is 90.0 Å². The number of para-hydroxylation sites is 1. The third-order valence-electron chi connectivity index (χ3n) is 4.17. The number of hydrogen-bond acceptors (Lipinski definition) is 4. The summed E-state index contributed by atoms with van der Waals surface area (Å²) in [6.45, 7) is 0.265. The van der Waals surface area contributed by atoms with Crippen molar-refractivity contribution in [2.45, 2.75) is 6.61 Å². The molecule has 0 fully saturated rings. The van der Waals surface area contributed by atoms with Gasteiger partial charge in [-0.25, -0.2) is 5.10 Å². The summed E-state index contributed by atoms with van der Waals surface area (Å²) in [5.74, 6) is 1.37. The zero-order valence-corrected chi connectivity index (χ0v) is 15.8. The Morgan fingerprint density at radius 1 is 0.893 bits per heavy atom. The van der Waals surface area contributed by atoms with E-state index in [0.29, 0.717) is 10.6 Å². The molecule has 0 bridgehead atoms. The number of ether oxygens (including phenoxy) is 1. The van der Waals surface area contributed by atoms with Crippen molar-refractivity contribution in [2.75, 3.05) is 0 Å².